The zero-order chi connectivity index (χ0) is 17.1. The summed E-state index contributed by atoms with van der Waals surface area (Å²) < 4.78 is 0. The van der Waals surface area contributed by atoms with E-state index < -0.39 is 0 Å². The first-order valence-electron chi connectivity index (χ1n) is 8.51. The number of nitrogens with one attached hydrogen (secondary N) is 1. The van der Waals surface area contributed by atoms with E-state index >= 15 is 0 Å². The van der Waals surface area contributed by atoms with Crippen LogP contribution in [-0.2, 0) is 6.54 Å². The molecular formula is C18H21N7. The summed E-state index contributed by atoms with van der Waals surface area (Å²) in [5.41, 5.74) is 0.980. The Morgan fingerprint density at radius 2 is 1.72 bits per heavy atom. The Hall–Kier alpha value is -2.80. The summed E-state index contributed by atoms with van der Waals surface area (Å²) in [6, 6.07) is 9.94. The Balaban J connectivity index is 1.46. The van der Waals surface area contributed by atoms with Gasteiger partial charge in [0, 0.05) is 51.0 Å². The van der Waals surface area contributed by atoms with Crippen molar-refractivity contribution in [3.63, 3.8) is 0 Å². The molecule has 0 bridgehead atoms. The van der Waals surface area contributed by atoms with E-state index in [0.29, 0.717) is 0 Å². The lowest BCUT2D eigenvalue weighted by Gasteiger charge is -2.34. The molecule has 1 aromatic carbocycles. The summed E-state index contributed by atoms with van der Waals surface area (Å²) >= 11 is 0. The third kappa shape index (κ3) is 3.36. The van der Waals surface area contributed by atoms with E-state index in [0.717, 1.165) is 61.2 Å². The summed E-state index contributed by atoms with van der Waals surface area (Å²) in [7, 11) is 1.90. The molecule has 7 heteroatoms. The predicted octanol–water partition coefficient (Wildman–Crippen LogP) is 1.78. The van der Waals surface area contributed by atoms with E-state index in [1.807, 2.05) is 37.4 Å². The maximum Gasteiger partial charge on any atom is 0.225 e. The highest BCUT2D eigenvalue weighted by Gasteiger charge is 2.20. The van der Waals surface area contributed by atoms with Crippen molar-refractivity contribution in [3.05, 3.63) is 48.5 Å². The average Bonchev–Trinajstić information content (AvgIpc) is 2.68. The molecule has 0 spiro atoms. The highest BCUT2D eigenvalue weighted by Crippen LogP contribution is 2.20. The molecule has 0 aliphatic carbocycles. The molecule has 3 aromatic rings. The van der Waals surface area contributed by atoms with Gasteiger partial charge >= 0.3 is 0 Å². The largest absolute Gasteiger partial charge is 0.373 e. The van der Waals surface area contributed by atoms with Crippen LogP contribution in [0.4, 0.5) is 11.8 Å². The lowest BCUT2D eigenvalue weighted by atomic mass is 10.2. The first-order chi connectivity index (χ1) is 12.3. The fraction of sp³-hybridized carbons (Fsp3) is 0.333. The molecule has 1 saturated heterocycles. The number of benzene rings is 1. The van der Waals surface area contributed by atoms with Crippen LogP contribution >= 0.6 is 0 Å². The van der Waals surface area contributed by atoms with Gasteiger partial charge in [0.25, 0.3) is 0 Å². The van der Waals surface area contributed by atoms with Gasteiger partial charge in [0.2, 0.25) is 5.95 Å². The SMILES string of the molecule is CNc1nc(CN2CCN(c3ncccn3)CC2)nc2ccccc12. The number of anilines is 2. The van der Waals surface area contributed by atoms with E-state index in [-0.39, 0.29) is 0 Å². The molecule has 4 rings (SSSR count). The van der Waals surface area contributed by atoms with Crippen LogP contribution in [0.25, 0.3) is 10.9 Å². The molecule has 1 N–H and O–H groups in total. The van der Waals surface area contributed by atoms with Gasteiger partial charge in [0.05, 0.1) is 12.1 Å². The molecule has 25 heavy (non-hydrogen) atoms. The molecule has 1 fully saturated rings. The minimum absolute atomic E-state index is 0.753. The van der Waals surface area contributed by atoms with E-state index in [1.54, 1.807) is 12.4 Å². The van der Waals surface area contributed by atoms with E-state index in [1.165, 1.54) is 0 Å². The Morgan fingerprint density at radius 1 is 0.960 bits per heavy atom. The van der Waals surface area contributed by atoms with Crippen molar-refractivity contribution in [1.82, 2.24) is 24.8 Å². The van der Waals surface area contributed by atoms with Gasteiger partial charge in [-0.15, -0.1) is 0 Å². The van der Waals surface area contributed by atoms with Crippen molar-refractivity contribution in [2.24, 2.45) is 0 Å². The Bertz CT molecular complexity index is 844. The number of fused-ring (bicyclic) bond motifs is 1. The van der Waals surface area contributed by atoms with Gasteiger partial charge in [0.15, 0.2) is 0 Å². The van der Waals surface area contributed by atoms with Crippen molar-refractivity contribution >= 4 is 22.7 Å². The van der Waals surface area contributed by atoms with Crippen LogP contribution < -0.4 is 10.2 Å². The molecule has 128 valence electrons. The highest BCUT2D eigenvalue weighted by atomic mass is 15.3. The third-order valence-corrected chi connectivity index (χ3v) is 4.46. The summed E-state index contributed by atoms with van der Waals surface area (Å²) in [6.07, 6.45) is 3.58. The summed E-state index contributed by atoms with van der Waals surface area (Å²) in [5.74, 6) is 2.55. The van der Waals surface area contributed by atoms with Crippen LogP contribution in [0.2, 0.25) is 0 Å². The number of para-hydroxylation sites is 1. The van der Waals surface area contributed by atoms with Crippen molar-refractivity contribution in [2.45, 2.75) is 6.54 Å². The molecule has 1 aliphatic rings. The summed E-state index contributed by atoms with van der Waals surface area (Å²) in [5, 5.41) is 4.24. The number of aromatic nitrogens is 4. The zero-order valence-electron chi connectivity index (χ0n) is 14.3. The lowest BCUT2D eigenvalue weighted by molar-refractivity contribution is 0.243. The zero-order valence-corrected chi connectivity index (χ0v) is 14.3. The maximum absolute atomic E-state index is 4.72. The van der Waals surface area contributed by atoms with Gasteiger partial charge in [0.1, 0.15) is 11.6 Å². The fourth-order valence-corrected chi connectivity index (χ4v) is 3.15. The summed E-state index contributed by atoms with van der Waals surface area (Å²) in [6.45, 7) is 4.47. The molecular weight excluding hydrogens is 314 g/mol. The number of rotatable bonds is 4. The molecule has 3 heterocycles. The second-order valence-corrected chi connectivity index (χ2v) is 6.07. The average molecular weight is 335 g/mol. The minimum atomic E-state index is 0.753. The van der Waals surface area contributed by atoms with Crippen molar-refractivity contribution < 1.29 is 0 Å². The second-order valence-electron chi connectivity index (χ2n) is 6.07. The van der Waals surface area contributed by atoms with Crippen LogP contribution in [-0.4, -0.2) is 58.1 Å². The normalized spacial score (nSPS) is 15.5. The molecule has 2 aromatic heterocycles. The van der Waals surface area contributed by atoms with Crippen molar-refractivity contribution in [3.8, 4) is 0 Å². The predicted molar refractivity (Wildman–Crippen MR) is 98.6 cm³/mol. The Kier molecular flexibility index (Phi) is 4.39. The lowest BCUT2D eigenvalue weighted by Crippen LogP contribution is -2.46. The first-order valence-corrected chi connectivity index (χ1v) is 8.51. The van der Waals surface area contributed by atoms with Gasteiger partial charge in [-0.2, -0.15) is 0 Å². The van der Waals surface area contributed by atoms with E-state index in [9.17, 15) is 0 Å². The number of hydrogen-bond acceptors (Lipinski definition) is 7. The van der Waals surface area contributed by atoms with Gasteiger partial charge in [-0.25, -0.2) is 19.9 Å². The van der Waals surface area contributed by atoms with Gasteiger partial charge < -0.3 is 10.2 Å². The van der Waals surface area contributed by atoms with E-state index in [2.05, 4.69) is 30.1 Å². The second kappa shape index (κ2) is 6.98. The monoisotopic (exact) mass is 335 g/mol. The van der Waals surface area contributed by atoms with Crippen LogP contribution in [0, 0.1) is 0 Å². The van der Waals surface area contributed by atoms with Crippen LogP contribution in [0.3, 0.4) is 0 Å². The van der Waals surface area contributed by atoms with Gasteiger partial charge in [-0.1, -0.05) is 12.1 Å². The molecule has 7 nitrogen and oxygen atoms in total. The smallest absolute Gasteiger partial charge is 0.225 e. The van der Waals surface area contributed by atoms with E-state index in [4.69, 9.17) is 4.98 Å². The standard InChI is InChI=1S/C18H21N7/c1-19-17-14-5-2-3-6-15(14)22-16(23-17)13-24-9-11-25(12-10-24)18-20-7-4-8-21-18/h2-8H,9-13H2,1H3,(H,19,22,23). The Morgan fingerprint density at radius 3 is 2.48 bits per heavy atom. The highest BCUT2D eigenvalue weighted by molar-refractivity contribution is 5.88. The van der Waals surface area contributed by atoms with Crippen LogP contribution in [0.5, 0.6) is 0 Å². The maximum atomic E-state index is 4.72. The van der Waals surface area contributed by atoms with Gasteiger partial charge in [-0.3, -0.25) is 4.90 Å². The van der Waals surface area contributed by atoms with Gasteiger partial charge in [-0.05, 0) is 18.2 Å². The molecule has 0 unspecified atom stereocenters. The summed E-state index contributed by atoms with van der Waals surface area (Å²) in [4.78, 5) is 22.7. The number of piperazine rings is 1. The fourth-order valence-electron chi connectivity index (χ4n) is 3.15. The van der Waals surface area contributed by atoms with Crippen LogP contribution in [0.1, 0.15) is 5.82 Å². The van der Waals surface area contributed by atoms with Crippen molar-refractivity contribution in [1.29, 1.82) is 0 Å². The first kappa shape index (κ1) is 15.7. The third-order valence-electron chi connectivity index (χ3n) is 4.46. The number of hydrogen-bond donors (Lipinski definition) is 1. The minimum Gasteiger partial charge on any atom is -0.373 e. The van der Waals surface area contributed by atoms with Crippen molar-refractivity contribution in [2.75, 3.05) is 43.4 Å². The van der Waals surface area contributed by atoms with Crippen LogP contribution in [0.15, 0.2) is 42.7 Å². The molecule has 1 aliphatic heterocycles. The topological polar surface area (TPSA) is 70.1 Å². The molecule has 0 amide bonds. The number of nitrogens with zero attached hydrogens (tertiary/aromatic N) is 6. The molecule has 0 saturated carbocycles. The molecule has 0 radical (unpaired) electrons. The Labute approximate surface area is 146 Å². The quantitative estimate of drug-likeness (QED) is 0.779. The molecule has 0 atom stereocenters.